The molecule has 2 N–H and O–H groups in total. The number of benzene rings is 1. The van der Waals surface area contributed by atoms with Crippen molar-refractivity contribution in [2.24, 2.45) is 5.73 Å². The summed E-state index contributed by atoms with van der Waals surface area (Å²) in [5.41, 5.74) is 9.54. The van der Waals surface area contributed by atoms with Crippen LogP contribution in [0.15, 0.2) is 18.2 Å². The number of hydrogen-bond donors (Lipinski definition) is 1. The molecule has 3 nitrogen and oxygen atoms in total. The van der Waals surface area contributed by atoms with E-state index in [0.29, 0.717) is 6.42 Å². The van der Waals surface area contributed by atoms with Gasteiger partial charge in [-0.25, -0.2) is 0 Å². The van der Waals surface area contributed by atoms with Crippen molar-refractivity contribution in [3.63, 3.8) is 0 Å². The minimum atomic E-state index is -0.572. The Kier molecular flexibility index (Phi) is 5.16. The number of rotatable bonds is 5. The largest absolute Gasteiger partial charge is 0.468 e. The summed E-state index contributed by atoms with van der Waals surface area (Å²) in [6.45, 7) is 4.28. The fraction of sp³-hybridized carbons (Fsp3) is 0.500. The molecule has 1 aromatic rings. The molecule has 0 amide bonds. The Morgan fingerprint density at radius 2 is 1.94 bits per heavy atom. The molecule has 0 fully saturated rings. The van der Waals surface area contributed by atoms with E-state index in [0.717, 1.165) is 18.4 Å². The first-order valence-electron chi connectivity index (χ1n) is 6.06. The third-order valence-electron chi connectivity index (χ3n) is 2.99. The lowest BCUT2D eigenvalue weighted by Gasteiger charge is -2.12. The zero-order chi connectivity index (χ0) is 12.8. The van der Waals surface area contributed by atoms with Crippen molar-refractivity contribution in [2.75, 3.05) is 7.11 Å². The molecule has 0 bridgehead atoms. The molecule has 0 unspecified atom stereocenters. The van der Waals surface area contributed by atoms with Gasteiger partial charge in [-0.1, -0.05) is 32.0 Å². The van der Waals surface area contributed by atoms with Crippen molar-refractivity contribution in [1.29, 1.82) is 0 Å². The van der Waals surface area contributed by atoms with Gasteiger partial charge in [-0.2, -0.15) is 0 Å². The number of esters is 1. The van der Waals surface area contributed by atoms with Gasteiger partial charge in [0.1, 0.15) is 6.04 Å². The number of ether oxygens (including phenoxy) is 1. The highest BCUT2D eigenvalue weighted by Gasteiger charge is 2.14. The topological polar surface area (TPSA) is 52.3 Å². The van der Waals surface area contributed by atoms with Crippen molar-refractivity contribution in [3.8, 4) is 0 Å². The normalized spacial score (nSPS) is 12.2. The molecular weight excluding hydrogens is 214 g/mol. The lowest BCUT2D eigenvalue weighted by atomic mass is 9.97. The predicted octanol–water partition coefficient (Wildman–Crippen LogP) is 1.85. The number of methoxy groups -OCH3 is 1. The highest BCUT2D eigenvalue weighted by Crippen LogP contribution is 2.15. The van der Waals surface area contributed by atoms with Gasteiger partial charge in [-0.15, -0.1) is 0 Å². The van der Waals surface area contributed by atoms with E-state index in [1.807, 2.05) is 6.07 Å². The van der Waals surface area contributed by atoms with Crippen molar-refractivity contribution < 1.29 is 9.53 Å². The molecule has 3 heteroatoms. The van der Waals surface area contributed by atoms with E-state index in [2.05, 4.69) is 30.7 Å². The number of nitrogens with two attached hydrogens (primary N) is 1. The van der Waals surface area contributed by atoms with Crippen molar-refractivity contribution >= 4 is 5.97 Å². The van der Waals surface area contributed by atoms with E-state index in [4.69, 9.17) is 5.73 Å². The van der Waals surface area contributed by atoms with Crippen molar-refractivity contribution in [2.45, 2.75) is 39.2 Å². The van der Waals surface area contributed by atoms with E-state index in [1.54, 1.807) is 0 Å². The molecule has 0 radical (unpaired) electrons. The Balaban J connectivity index is 2.82. The summed E-state index contributed by atoms with van der Waals surface area (Å²) in [6.07, 6.45) is 2.57. The Morgan fingerprint density at radius 3 is 2.47 bits per heavy atom. The number of hydrogen-bond acceptors (Lipinski definition) is 3. The summed E-state index contributed by atoms with van der Waals surface area (Å²) >= 11 is 0. The second-order valence-electron chi connectivity index (χ2n) is 4.14. The molecule has 0 heterocycles. The summed E-state index contributed by atoms with van der Waals surface area (Å²) < 4.78 is 4.62. The highest BCUT2D eigenvalue weighted by atomic mass is 16.5. The van der Waals surface area contributed by atoms with E-state index < -0.39 is 6.04 Å². The van der Waals surface area contributed by atoms with Crippen LogP contribution >= 0.6 is 0 Å². The van der Waals surface area contributed by atoms with Gasteiger partial charge in [-0.3, -0.25) is 4.79 Å². The molecule has 0 aliphatic heterocycles. The summed E-state index contributed by atoms with van der Waals surface area (Å²) in [4.78, 5) is 11.2. The SMILES string of the molecule is CCc1ccc(C[C@@H](N)C(=O)OC)cc1CC. The molecule has 17 heavy (non-hydrogen) atoms. The molecule has 1 rings (SSSR count). The van der Waals surface area contributed by atoms with E-state index in [9.17, 15) is 4.79 Å². The molecule has 94 valence electrons. The van der Waals surface area contributed by atoms with Crippen molar-refractivity contribution in [3.05, 3.63) is 34.9 Å². The minimum Gasteiger partial charge on any atom is -0.468 e. The van der Waals surface area contributed by atoms with Gasteiger partial charge in [0, 0.05) is 0 Å². The molecule has 0 aliphatic rings. The number of carbonyl (C=O) groups is 1. The summed E-state index contributed by atoms with van der Waals surface area (Å²) in [5.74, 6) is -0.359. The highest BCUT2D eigenvalue weighted by molar-refractivity contribution is 5.75. The lowest BCUT2D eigenvalue weighted by molar-refractivity contribution is -0.142. The second-order valence-corrected chi connectivity index (χ2v) is 4.14. The maximum Gasteiger partial charge on any atom is 0.322 e. The van der Waals surface area contributed by atoms with Crippen LogP contribution in [0.3, 0.4) is 0 Å². The number of carbonyl (C=O) groups excluding carboxylic acids is 1. The van der Waals surface area contributed by atoms with Crippen LogP contribution in [-0.2, 0) is 28.8 Å². The van der Waals surface area contributed by atoms with Gasteiger partial charge in [0.15, 0.2) is 0 Å². The summed E-state index contributed by atoms with van der Waals surface area (Å²) in [7, 11) is 1.36. The Labute approximate surface area is 103 Å². The van der Waals surface area contributed by atoms with Crippen LogP contribution < -0.4 is 5.73 Å². The minimum absolute atomic E-state index is 0.359. The molecule has 1 aromatic carbocycles. The van der Waals surface area contributed by atoms with Gasteiger partial charge >= 0.3 is 5.97 Å². The van der Waals surface area contributed by atoms with Crippen molar-refractivity contribution in [1.82, 2.24) is 0 Å². The molecule has 0 spiro atoms. The first kappa shape index (κ1) is 13.7. The summed E-state index contributed by atoms with van der Waals surface area (Å²) in [5, 5.41) is 0. The zero-order valence-corrected chi connectivity index (χ0v) is 10.8. The van der Waals surface area contributed by atoms with Crippen LogP contribution in [0, 0.1) is 0 Å². The third-order valence-corrected chi connectivity index (χ3v) is 2.99. The Morgan fingerprint density at radius 1 is 1.29 bits per heavy atom. The second kappa shape index (κ2) is 6.40. The molecule has 0 saturated heterocycles. The van der Waals surface area contributed by atoms with Gasteiger partial charge in [0.05, 0.1) is 7.11 Å². The third kappa shape index (κ3) is 3.56. The molecular formula is C14H21NO2. The number of aryl methyl sites for hydroxylation is 2. The first-order valence-corrected chi connectivity index (χ1v) is 6.06. The molecule has 0 aliphatic carbocycles. The Bertz CT molecular complexity index is 388. The first-order chi connectivity index (χ1) is 8.12. The maximum absolute atomic E-state index is 11.2. The fourth-order valence-corrected chi connectivity index (χ4v) is 1.97. The maximum atomic E-state index is 11.2. The van der Waals surface area contributed by atoms with Crippen LogP contribution in [0.2, 0.25) is 0 Å². The van der Waals surface area contributed by atoms with Gasteiger partial charge < -0.3 is 10.5 Å². The van der Waals surface area contributed by atoms with Gasteiger partial charge in [0.25, 0.3) is 0 Å². The van der Waals surface area contributed by atoms with Gasteiger partial charge in [-0.05, 0) is 36.0 Å². The van der Waals surface area contributed by atoms with Crippen LogP contribution in [0.1, 0.15) is 30.5 Å². The molecule has 1 atom stereocenters. The molecule has 0 aromatic heterocycles. The van der Waals surface area contributed by atoms with Crippen LogP contribution in [0.25, 0.3) is 0 Å². The van der Waals surface area contributed by atoms with Gasteiger partial charge in [0.2, 0.25) is 0 Å². The quantitative estimate of drug-likeness (QED) is 0.792. The van der Waals surface area contributed by atoms with E-state index >= 15 is 0 Å². The predicted molar refractivity (Wildman–Crippen MR) is 68.9 cm³/mol. The lowest BCUT2D eigenvalue weighted by Crippen LogP contribution is -2.33. The fourth-order valence-electron chi connectivity index (χ4n) is 1.97. The Hall–Kier alpha value is -1.35. The van der Waals surface area contributed by atoms with Crippen LogP contribution in [-0.4, -0.2) is 19.1 Å². The van der Waals surface area contributed by atoms with E-state index in [1.165, 1.54) is 18.2 Å². The standard InChI is InChI=1S/C14H21NO2/c1-4-11-7-6-10(8-12(11)5-2)9-13(15)14(16)17-3/h6-8,13H,4-5,9,15H2,1-3H3/t13-/m1/s1. The summed E-state index contributed by atoms with van der Waals surface area (Å²) in [6, 6.07) is 5.73. The van der Waals surface area contributed by atoms with Crippen LogP contribution in [0.4, 0.5) is 0 Å². The van der Waals surface area contributed by atoms with Crippen LogP contribution in [0.5, 0.6) is 0 Å². The van der Waals surface area contributed by atoms with E-state index in [-0.39, 0.29) is 5.97 Å². The zero-order valence-electron chi connectivity index (χ0n) is 10.8. The smallest absolute Gasteiger partial charge is 0.322 e. The molecule has 0 saturated carbocycles. The monoisotopic (exact) mass is 235 g/mol. The average molecular weight is 235 g/mol. The average Bonchev–Trinajstić information content (AvgIpc) is 2.37.